The van der Waals surface area contributed by atoms with Crippen LogP contribution in [-0.4, -0.2) is 31.4 Å². The zero-order valence-electron chi connectivity index (χ0n) is 9.47. The lowest BCUT2D eigenvalue weighted by atomic mass is 10.4. The van der Waals surface area contributed by atoms with Crippen molar-refractivity contribution in [1.82, 2.24) is 4.98 Å². The van der Waals surface area contributed by atoms with Crippen molar-refractivity contribution in [3.8, 4) is 11.6 Å². The summed E-state index contributed by atoms with van der Waals surface area (Å²) >= 11 is 0. The lowest BCUT2D eigenvalue weighted by Gasteiger charge is -2.13. The normalized spacial score (nSPS) is 11.1. The molecule has 0 saturated carbocycles. The fraction of sp³-hybridized carbons (Fsp3) is 0.500. The van der Waals surface area contributed by atoms with E-state index in [1.807, 2.05) is 0 Å². The van der Waals surface area contributed by atoms with E-state index in [9.17, 15) is 13.2 Å². The molecule has 0 aliphatic carbocycles. The van der Waals surface area contributed by atoms with Crippen molar-refractivity contribution in [2.45, 2.75) is 13.1 Å². The summed E-state index contributed by atoms with van der Waals surface area (Å²) in [5.41, 5.74) is 0.632. The molecule has 96 valence electrons. The Morgan fingerprint density at radius 3 is 2.59 bits per heavy atom. The minimum Gasteiger partial charge on any atom is -0.488 e. The van der Waals surface area contributed by atoms with Gasteiger partial charge in [-0.15, -0.1) is 0 Å². The van der Waals surface area contributed by atoms with Gasteiger partial charge < -0.3 is 14.8 Å². The van der Waals surface area contributed by atoms with Gasteiger partial charge in [-0.25, -0.2) is 4.98 Å². The van der Waals surface area contributed by atoms with E-state index in [1.54, 1.807) is 14.0 Å². The van der Waals surface area contributed by atoms with Gasteiger partial charge in [-0.1, -0.05) is 0 Å². The molecule has 4 nitrogen and oxygen atoms in total. The third kappa shape index (κ3) is 4.38. The zero-order valence-corrected chi connectivity index (χ0v) is 9.47. The highest BCUT2D eigenvalue weighted by Crippen LogP contribution is 2.29. The third-order valence-corrected chi connectivity index (χ3v) is 1.78. The first-order valence-electron chi connectivity index (χ1n) is 4.96. The Morgan fingerprint density at radius 2 is 2.06 bits per heavy atom. The lowest BCUT2D eigenvalue weighted by molar-refractivity contribution is -0.154. The average Bonchev–Trinajstić information content (AvgIpc) is 2.26. The number of pyridine rings is 1. The highest BCUT2D eigenvalue weighted by atomic mass is 19.4. The fourth-order valence-corrected chi connectivity index (χ4v) is 1.09. The number of halogens is 3. The molecule has 0 aliphatic heterocycles. The molecular weight excluding hydrogens is 237 g/mol. The number of hydrogen-bond acceptors (Lipinski definition) is 4. The van der Waals surface area contributed by atoms with Crippen LogP contribution in [0.15, 0.2) is 12.3 Å². The van der Waals surface area contributed by atoms with Crippen LogP contribution in [0.1, 0.15) is 6.92 Å². The van der Waals surface area contributed by atoms with Gasteiger partial charge in [0.05, 0.1) is 18.5 Å². The molecule has 0 amide bonds. The van der Waals surface area contributed by atoms with Gasteiger partial charge in [0.2, 0.25) is 0 Å². The van der Waals surface area contributed by atoms with Gasteiger partial charge in [0.15, 0.2) is 12.4 Å². The number of hydrogen-bond donors (Lipinski definition) is 1. The van der Waals surface area contributed by atoms with Gasteiger partial charge in [-0.3, -0.25) is 0 Å². The molecule has 0 aliphatic rings. The van der Waals surface area contributed by atoms with E-state index in [2.05, 4.69) is 15.0 Å². The van der Waals surface area contributed by atoms with Crippen LogP contribution in [0.4, 0.5) is 18.9 Å². The Bertz CT molecular complexity index is 369. The van der Waals surface area contributed by atoms with Gasteiger partial charge >= 0.3 is 6.18 Å². The van der Waals surface area contributed by atoms with Crippen molar-refractivity contribution in [3.05, 3.63) is 12.3 Å². The number of alkyl halides is 3. The van der Waals surface area contributed by atoms with E-state index < -0.39 is 12.8 Å². The minimum absolute atomic E-state index is 0.164. The van der Waals surface area contributed by atoms with Crippen molar-refractivity contribution in [3.63, 3.8) is 0 Å². The number of aromatic nitrogens is 1. The molecule has 0 fully saturated rings. The molecule has 0 aromatic carbocycles. The molecule has 0 saturated heterocycles. The molecule has 7 heteroatoms. The van der Waals surface area contributed by atoms with Crippen molar-refractivity contribution in [1.29, 1.82) is 0 Å². The third-order valence-electron chi connectivity index (χ3n) is 1.78. The molecule has 0 unspecified atom stereocenters. The van der Waals surface area contributed by atoms with E-state index in [1.165, 1.54) is 12.3 Å². The number of nitrogens with one attached hydrogen (secondary N) is 1. The number of anilines is 1. The van der Waals surface area contributed by atoms with Crippen LogP contribution in [0.5, 0.6) is 11.6 Å². The first-order valence-corrected chi connectivity index (χ1v) is 4.96. The first-order chi connectivity index (χ1) is 7.96. The standard InChI is InChI=1S/C10H13F3N2O2/c1-3-16-8-4-7(14-2)5-15-9(8)17-6-10(11,12)13/h4-5,14H,3,6H2,1-2H3. The van der Waals surface area contributed by atoms with Gasteiger partial charge in [0.1, 0.15) is 0 Å². The predicted molar refractivity (Wildman–Crippen MR) is 56.5 cm³/mol. The van der Waals surface area contributed by atoms with Gasteiger partial charge in [-0.2, -0.15) is 13.2 Å². The van der Waals surface area contributed by atoms with Crippen LogP contribution in [0.3, 0.4) is 0 Å². The molecule has 1 aromatic rings. The average molecular weight is 250 g/mol. The summed E-state index contributed by atoms with van der Waals surface area (Å²) in [5, 5.41) is 2.81. The molecule has 17 heavy (non-hydrogen) atoms. The Morgan fingerprint density at radius 1 is 1.35 bits per heavy atom. The molecular formula is C10H13F3N2O2. The maximum Gasteiger partial charge on any atom is 0.422 e. The van der Waals surface area contributed by atoms with Crippen molar-refractivity contribution in [2.24, 2.45) is 0 Å². The monoisotopic (exact) mass is 250 g/mol. The van der Waals surface area contributed by atoms with E-state index >= 15 is 0 Å². The van der Waals surface area contributed by atoms with Crippen molar-refractivity contribution < 1.29 is 22.6 Å². The second kappa shape index (κ2) is 5.60. The number of ether oxygens (including phenoxy) is 2. The molecule has 0 radical (unpaired) electrons. The summed E-state index contributed by atoms with van der Waals surface area (Å²) in [5.74, 6) is 0.0202. The summed E-state index contributed by atoms with van der Waals surface area (Å²) < 4.78 is 45.7. The first kappa shape index (κ1) is 13.4. The minimum atomic E-state index is -4.40. The summed E-state index contributed by atoms with van der Waals surface area (Å²) in [7, 11) is 1.67. The second-order valence-electron chi connectivity index (χ2n) is 3.11. The molecule has 1 heterocycles. The maximum absolute atomic E-state index is 12.0. The van der Waals surface area contributed by atoms with E-state index in [0.717, 1.165) is 0 Å². The van der Waals surface area contributed by atoms with E-state index in [4.69, 9.17) is 4.74 Å². The zero-order chi connectivity index (χ0) is 12.9. The quantitative estimate of drug-likeness (QED) is 0.871. The van der Waals surface area contributed by atoms with E-state index in [0.29, 0.717) is 12.3 Å². The number of nitrogens with zero attached hydrogens (tertiary/aromatic N) is 1. The van der Waals surface area contributed by atoms with Gasteiger partial charge in [0, 0.05) is 13.1 Å². The Balaban J connectivity index is 2.82. The summed E-state index contributed by atoms with van der Waals surface area (Å²) in [6, 6.07) is 1.53. The van der Waals surface area contributed by atoms with Crippen LogP contribution in [-0.2, 0) is 0 Å². The van der Waals surface area contributed by atoms with Crippen LogP contribution in [0.2, 0.25) is 0 Å². The Labute approximate surface area is 96.7 Å². The smallest absolute Gasteiger partial charge is 0.422 e. The SMILES string of the molecule is CCOc1cc(NC)cnc1OCC(F)(F)F. The molecule has 1 aromatic heterocycles. The predicted octanol–water partition coefficient (Wildman–Crippen LogP) is 2.46. The molecule has 1 N–H and O–H groups in total. The van der Waals surface area contributed by atoms with Gasteiger partial charge in [0.25, 0.3) is 5.88 Å². The Kier molecular flexibility index (Phi) is 4.42. The molecule has 1 rings (SSSR count). The molecule has 0 atom stereocenters. The fourth-order valence-electron chi connectivity index (χ4n) is 1.09. The summed E-state index contributed by atoms with van der Waals surface area (Å²) in [6.07, 6.45) is -3.03. The topological polar surface area (TPSA) is 43.4 Å². The van der Waals surface area contributed by atoms with E-state index in [-0.39, 0.29) is 11.6 Å². The second-order valence-corrected chi connectivity index (χ2v) is 3.11. The van der Waals surface area contributed by atoms with Crippen LogP contribution < -0.4 is 14.8 Å². The largest absolute Gasteiger partial charge is 0.488 e. The Hall–Kier alpha value is -1.66. The molecule has 0 bridgehead atoms. The highest BCUT2D eigenvalue weighted by Gasteiger charge is 2.29. The lowest BCUT2D eigenvalue weighted by Crippen LogP contribution is -2.20. The van der Waals surface area contributed by atoms with Crippen LogP contribution in [0.25, 0.3) is 0 Å². The highest BCUT2D eigenvalue weighted by molar-refractivity contribution is 5.49. The van der Waals surface area contributed by atoms with Crippen LogP contribution >= 0.6 is 0 Å². The van der Waals surface area contributed by atoms with Gasteiger partial charge in [-0.05, 0) is 6.92 Å². The summed E-state index contributed by atoms with van der Waals surface area (Å²) in [6.45, 7) is 0.649. The van der Waals surface area contributed by atoms with Crippen LogP contribution in [0, 0.1) is 0 Å². The molecule has 0 spiro atoms. The number of rotatable bonds is 5. The van der Waals surface area contributed by atoms with Crippen molar-refractivity contribution >= 4 is 5.69 Å². The van der Waals surface area contributed by atoms with Crippen molar-refractivity contribution in [2.75, 3.05) is 25.6 Å². The maximum atomic E-state index is 12.0. The summed E-state index contributed by atoms with van der Waals surface area (Å²) in [4.78, 5) is 3.76.